The molecule has 0 aromatic heterocycles. The summed E-state index contributed by atoms with van der Waals surface area (Å²) in [6.45, 7) is 5.54. The lowest BCUT2D eigenvalue weighted by molar-refractivity contribution is -0.172. The van der Waals surface area contributed by atoms with E-state index >= 15 is 0 Å². The van der Waals surface area contributed by atoms with Gasteiger partial charge < -0.3 is 9.84 Å². The molecule has 1 fully saturated rings. The number of carboxylic acid groups (broad SMARTS) is 1. The summed E-state index contributed by atoms with van der Waals surface area (Å²) in [5, 5.41) is 8.94. The van der Waals surface area contributed by atoms with E-state index in [9.17, 15) is 9.59 Å². The summed E-state index contributed by atoms with van der Waals surface area (Å²) in [5.41, 5.74) is 4.24. The summed E-state index contributed by atoms with van der Waals surface area (Å²) < 4.78 is 5.67. The summed E-state index contributed by atoms with van der Waals surface area (Å²) in [7, 11) is 0. The van der Waals surface area contributed by atoms with Gasteiger partial charge in [-0.15, -0.1) is 0 Å². The molecule has 0 amide bonds. The van der Waals surface area contributed by atoms with Crippen molar-refractivity contribution in [2.45, 2.75) is 57.8 Å². The Morgan fingerprint density at radius 3 is 2.11 bits per heavy atom. The fourth-order valence-electron chi connectivity index (χ4n) is 2.53. The zero-order valence-electron chi connectivity index (χ0n) is 11.3. The van der Waals surface area contributed by atoms with Crippen molar-refractivity contribution in [3.05, 3.63) is 0 Å². The van der Waals surface area contributed by atoms with Gasteiger partial charge in [0.1, 0.15) is 0 Å². The number of ether oxygens (including phenoxy) is 1. The van der Waals surface area contributed by atoms with Crippen molar-refractivity contribution in [1.82, 2.24) is 0 Å². The zero-order chi connectivity index (χ0) is 14.0. The van der Waals surface area contributed by atoms with Gasteiger partial charge in [0.15, 0.2) is 12.0 Å². The van der Waals surface area contributed by atoms with E-state index in [1.54, 1.807) is 0 Å². The van der Waals surface area contributed by atoms with Gasteiger partial charge in [0.05, 0.1) is 11.5 Å². The van der Waals surface area contributed by atoms with Crippen molar-refractivity contribution in [3.8, 4) is 0 Å². The van der Waals surface area contributed by atoms with Gasteiger partial charge in [-0.25, -0.2) is 0 Å². The molecule has 1 aliphatic carbocycles. The Labute approximate surface area is 108 Å². The van der Waals surface area contributed by atoms with Gasteiger partial charge in [0.25, 0.3) is 0 Å². The van der Waals surface area contributed by atoms with E-state index in [2.05, 4.69) is 0 Å². The van der Waals surface area contributed by atoms with Crippen LogP contribution in [0.2, 0.25) is 0 Å². The molecular formula is C13H23NO4. The highest BCUT2D eigenvalue weighted by molar-refractivity contribution is 5.70. The van der Waals surface area contributed by atoms with Crippen molar-refractivity contribution in [1.29, 1.82) is 0 Å². The van der Waals surface area contributed by atoms with Gasteiger partial charge in [-0.2, -0.15) is 0 Å². The quantitative estimate of drug-likeness (QED) is 0.589. The molecule has 5 heteroatoms. The summed E-state index contributed by atoms with van der Waals surface area (Å²) in [6.07, 6.45) is 3.00. The smallest absolute Gasteiger partial charge is 0.306 e. The maximum Gasteiger partial charge on any atom is 0.306 e. The van der Waals surface area contributed by atoms with Crippen LogP contribution in [-0.2, 0) is 14.3 Å². The first kappa shape index (κ1) is 15.1. The first-order valence-electron chi connectivity index (χ1n) is 6.36. The molecule has 0 heterocycles. The van der Waals surface area contributed by atoms with Crippen LogP contribution in [0.4, 0.5) is 0 Å². The Morgan fingerprint density at radius 2 is 1.78 bits per heavy atom. The number of carbonyl (C=O) groups is 2. The summed E-state index contributed by atoms with van der Waals surface area (Å²) in [6, 6.07) is 0. The second kappa shape index (κ2) is 5.36. The molecule has 3 N–H and O–H groups in total. The van der Waals surface area contributed by atoms with Crippen LogP contribution < -0.4 is 5.73 Å². The van der Waals surface area contributed by atoms with Gasteiger partial charge >= 0.3 is 5.97 Å². The van der Waals surface area contributed by atoms with Crippen LogP contribution >= 0.6 is 0 Å². The average molecular weight is 257 g/mol. The van der Waals surface area contributed by atoms with Crippen LogP contribution in [0.15, 0.2) is 0 Å². The molecule has 0 aromatic rings. The zero-order valence-corrected chi connectivity index (χ0v) is 11.3. The van der Waals surface area contributed by atoms with E-state index in [1.807, 2.05) is 20.8 Å². The van der Waals surface area contributed by atoms with E-state index in [0.717, 1.165) is 0 Å². The summed E-state index contributed by atoms with van der Waals surface area (Å²) in [5.74, 6) is -1.18. The summed E-state index contributed by atoms with van der Waals surface area (Å²) in [4.78, 5) is 22.1. The predicted molar refractivity (Wildman–Crippen MR) is 66.9 cm³/mol. The highest BCUT2D eigenvalue weighted by Gasteiger charge is 2.42. The van der Waals surface area contributed by atoms with Crippen molar-refractivity contribution < 1.29 is 19.4 Å². The SMILES string of the molecule is CC(C)(C)OC(N)(C=O)C1CCC(C(=O)O)CC1. The molecule has 18 heavy (non-hydrogen) atoms. The standard InChI is InChI=1S/C13H23NO4/c1-12(2,3)18-13(14,8-15)10-6-4-9(5-7-10)11(16)17/h8-10H,4-7,14H2,1-3H3,(H,16,17). The fraction of sp³-hybridized carbons (Fsp3) is 0.846. The largest absolute Gasteiger partial charge is 0.481 e. The number of nitrogens with two attached hydrogens (primary N) is 1. The number of carbonyl (C=O) groups excluding carboxylic acids is 1. The number of rotatable bonds is 4. The minimum Gasteiger partial charge on any atom is -0.481 e. The van der Waals surface area contributed by atoms with Gasteiger partial charge in [0, 0.05) is 5.92 Å². The van der Waals surface area contributed by atoms with E-state index in [-0.39, 0.29) is 11.8 Å². The highest BCUT2D eigenvalue weighted by atomic mass is 16.5. The topological polar surface area (TPSA) is 89.6 Å². The minimum absolute atomic E-state index is 0.107. The first-order valence-corrected chi connectivity index (χ1v) is 6.36. The number of aliphatic carboxylic acids is 1. The van der Waals surface area contributed by atoms with Crippen LogP contribution in [0.25, 0.3) is 0 Å². The Morgan fingerprint density at radius 1 is 1.28 bits per heavy atom. The second-order valence-electron chi connectivity index (χ2n) is 6.07. The number of hydrogen-bond acceptors (Lipinski definition) is 4. The van der Waals surface area contributed by atoms with E-state index in [4.69, 9.17) is 15.6 Å². The Bertz CT molecular complexity index is 315. The molecule has 0 saturated heterocycles. The molecule has 1 atom stereocenters. The van der Waals surface area contributed by atoms with E-state index in [1.165, 1.54) is 0 Å². The predicted octanol–water partition coefficient (Wildman–Crippen LogP) is 1.55. The van der Waals surface area contributed by atoms with Crippen molar-refractivity contribution >= 4 is 12.3 Å². The lowest BCUT2D eigenvalue weighted by Crippen LogP contribution is -2.55. The third-order valence-electron chi connectivity index (χ3n) is 3.38. The van der Waals surface area contributed by atoms with Crippen LogP contribution in [-0.4, -0.2) is 28.7 Å². The molecule has 0 radical (unpaired) electrons. The molecule has 0 aliphatic heterocycles. The Kier molecular flexibility index (Phi) is 4.50. The van der Waals surface area contributed by atoms with Gasteiger partial charge in [-0.1, -0.05) is 0 Å². The third kappa shape index (κ3) is 3.78. The van der Waals surface area contributed by atoms with Crippen LogP contribution in [0.5, 0.6) is 0 Å². The molecule has 1 saturated carbocycles. The van der Waals surface area contributed by atoms with Crippen LogP contribution in [0.3, 0.4) is 0 Å². The van der Waals surface area contributed by atoms with E-state index in [0.29, 0.717) is 32.0 Å². The van der Waals surface area contributed by atoms with Crippen LogP contribution in [0.1, 0.15) is 46.5 Å². The van der Waals surface area contributed by atoms with Crippen molar-refractivity contribution in [3.63, 3.8) is 0 Å². The van der Waals surface area contributed by atoms with Crippen LogP contribution in [0, 0.1) is 11.8 Å². The molecular weight excluding hydrogens is 234 g/mol. The van der Waals surface area contributed by atoms with Gasteiger partial charge in [0.2, 0.25) is 0 Å². The van der Waals surface area contributed by atoms with E-state index < -0.39 is 17.3 Å². The molecule has 1 rings (SSSR count). The van der Waals surface area contributed by atoms with Crippen molar-refractivity contribution in [2.24, 2.45) is 17.6 Å². The molecule has 0 aromatic carbocycles. The number of carboxylic acids is 1. The monoisotopic (exact) mass is 257 g/mol. The highest BCUT2D eigenvalue weighted by Crippen LogP contribution is 2.36. The molecule has 5 nitrogen and oxygen atoms in total. The Hall–Kier alpha value is -0.940. The Balaban J connectivity index is 2.68. The number of hydrogen-bond donors (Lipinski definition) is 2. The van der Waals surface area contributed by atoms with Gasteiger partial charge in [-0.05, 0) is 46.5 Å². The molecule has 1 unspecified atom stereocenters. The second-order valence-corrected chi connectivity index (χ2v) is 6.07. The molecule has 0 spiro atoms. The minimum atomic E-state index is -1.30. The summed E-state index contributed by atoms with van der Waals surface area (Å²) >= 11 is 0. The maximum atomic E-state index is 11.3. The molecule has 104 valence electrons. The lowest BCUT2D eigenvalue weighted by Gasteiger charge is -2.40. The average Bonchev–Trinajstić information content (AvgIpc) is 2.27. The van der Waals surface area contributed by atoms with Gasteiger partial charge in [-0.3, -0.25) is 15.3 Å². The first-order chi connectivity index (χ1) is 8.18. The van der Waals surface area contributed by atoms with Crippen molar-refractivity contribution in [2.75, 3.05) is 0 Å². The molecule has 1 aliphatic rings. The third-order valence-corrected chi connectivity index (χ3v) is 3.38. The number of aldehydes is 1. The normalized spacial score (nSPS) is 28.4. The lowest BCUT2D eigenvalue weighted by atomic mass is 9.77. The fourth-order valence-corrected chi connectivity index (χ4v) is 2.53. The molecule has 0 bridgehead atoms. The maximum absolute atomic E-state index is 11.3.